The summed E-state index contributed by atoms with van der Waals surface area (Å²) in [7, 11) is 0. The summed E-state index contributed by atoms with van der Waals surface area (Å²) in [6, 6.07) is 8.82. The second-order valence-corrected chi connectivity index (χ2v) is 4.82. The molecule has 3 heteroatoms. The number of nitrogens with zero attached hydrogens (tertiary/aromatic N) is 1. The Kier molecular flexibility index (Phi) is 6.76. The number of nitrogens with one attached hydrogen (secondary N) is 1. The first-order chi connectivity index (χ1) is 8.70. The largest absolute Gasteiger partial charge is 0.395 e. The Morgan fingerprint density at radius 2 is 2.00 bits per heavy atom. The molecular weight excluding hydrogens is 224 g/mol. The molecule has 1 rings (SSSR count). The SMILES string of the molecule is CCCNCc1ccccc1N(CCO)C(C)C. The Morgan fingerprint density at radius 1 is 1.28 bits per heavy atom. The molecule has 0 unspecified atom stereocenters. The molecule has 1 aromatic carbocycles. The summed E-state index contributed by atoms with van der Waals surface area (Å²) in [4.78, 5) is 2.25. The van der Waals surface area contributed by atoms with E-state index in [1.165, 1.54) is 11.3 Å². The van der Waals surface area contributed by atoms with Gasteiger partial charge < -0.3 is 15.3 Å². The number of anilines is 1. The maximum Gasteiger partial charge on any atom is 0.0606 e. The van der Waals surface area contributed by atoms with Gasteiger partial charge in [-0.05, 0) is 38.4 Å². The fraction of sp³-hybridized carbons (Fsp3) is 0.600. The maximum absolute atomic E-state index is 9.19. The molecule has 0 fully saturated rings. The van der Waals surface area contributed by atoms with E-state index >= 15 is 0 Å². The quantitative estimate of drug-likeness (QED) is 0.695. The zero-order chi connectivity index (χ0) is 13.4. The molecule has 0 spiro atoms. The summed E-state index contributed by atoms with van der Waals surface area (Å²) in [5.74, 6) is 0. The van der Waals surface area contributed by atoms with Gasteiger partial charge in [-0.1, -0.05) is 25.1 Å². The van der Waals surface area contributed by atoms with E-state index in [0.717, 1.165) is 19.5 Å². The highest BCUT2D eigenvalue weighted by Crippen LogP contribution is 2.22. The number of hydrogen-bond acceptors (Lipinski definition) is 3. The number of rotatable bonds is 8. The van der Waals surface area contributed by atoms with Gasteiger partial charge in [-0.3, -0.25) is 0 Å². The number of hydrogen-bond donors (Lipinski definition) is 2. The molecule has 102 valence electrons. The Balaban J connectivity index is 2.84. The summed E-state index contributed by atoms with van der Waals surface area (Å²) in [5.41, 5.74) is 2.53. The Labute approximate surface area is 111 Å². The number of aliphatic hydroxyl groups is 1. The lowest BCUT2D eigenvalue weighted by Gasteiger charge is -2.30. The first-order valence-corrected chi connectivity index (χ1v) is 6.86. The molecular formula is C15H26N2O. The van der Waals surface area contributed by atoms with Gasteiger partial charge >= 0.3 is 0 Å². The second kappa shape index (κ2) is 8.11. The third-order valence-electron chi connectivity index (χ3n) is 3.01. The molecule has 3 nitrogen and oxygen atoms in total. The summed E-state index contributed by atoms with van der Waals surface area (Å²) < 4.78 is 0. The number of aliphatic hydroxyl groups excluding tert-OH is 1. The summed E-state index contributed by atoms with van der Waals surface area (Å²) in [5, 5.41) is 12.6. The molecule has 0 atom stereocenters. The van der Waals surface area contributed by atoms with Gasteiger partial charge in [0, 0.05) is 24.8 Å². The van der Waals surface area contributed by atoms with Crippen molar-refractivity contribution in [3.05, 3.63) is 29.8 Å². The van der Waals surface area contributed by atoms with Gasteiger partial charge in [-0.25, -0.2) is 0 Å². The molecule has 0 heterocycles. The zero-order valence-corrected chi connectivity index (χ0v) is 11.8. The lowest BCUT2D eigenvalue weighted by molar-refractivity contribution is 0.299. The highest BCUT2D eigenvalue weighted by Gasteiger charge is 2.13. The van der Waals surface area contributed by atoms with E-state index in [4.69, 9.17) is 0 Å². The first kappa shape index (κ1) is 15.0. The van der Waals surface area contributed by atoms with Gasteiger partial charge in [-0.2, -0.15) is 0 Å². The average Bonchev–Trinajstić information content (AvgIpc) is 2.37. The molecule has 0 aromatic heterocycles. The van der Waals surface area contributed by atoms with Crippen molar-refractivity contribution in [2.45, 2.75) is 39.8 Å². The third kappa shape index (κ3) is 4.31. The topological polar surface area (TPSA) is 35.5 Å². The van der Waals surface area contributed by atoms with Crippen molar-refractivity contribution < 1.29 is 5.11 Å². The molecule has 0 saturated heterocycles. The Bertz CT molecular complexity index is 339. The molecule has 0 radical (unpaired) electrons. The standard InChI is InChI=1S/C15H26N2O/c1-4-9-16-12-14-7-5-6-8-15(14)17(10-11-18)13(2)3/h5-8,13,16,18H,4,9-12H2,1-3H3. The van der Waals surface area contributed by atoms with E-state index < -0.39 is 0 Å². The van der Waals surface area contributed by atoms with Crippen LogP contribution in [0.1, 0.15) is 32.8 Å². The molecule has 0 bridgehead atoms. The van der Waals surface area contributed by atoms with Crippen LogP contribution in [0.5, 0.6) is 0 Å². The molecule has 0 aliphatic carbocycles. The van der Waals surface area contributed by atoms with Crippen molar-refractivity contribution in [3.8, 4) is 0 Å². The van der Waals surface area contributed by atoms with Crippen molar-refractivity contribution in [2.75, 3.05) is 24.6 Å². The van der Waals surface area contributed by atoms with E-state index in [2.05, 4.69) is 55.3 Å². The summed E-state index contributed by atoms with van der Waals surface area (Å²) >= 11 is 0. The average molecular weight is 250 g/mol. The van der Waals surface area contributed by atoms with Crippen molar-refractivity contribution in [3.63, 3.8) is 0 Å². The summed E-state index contributed by atoms with van der Waals surface area (Å²) in [6.07, 6.45) is 1.15. The highest BCUT2D eigenvalue weighted by molar-refractivity contribution is 5.54. The van der Waals surface area contributed by atoms with Gasteiger partial charge in [0.25, 0.3) is 0 Å². The molecule has 0 aliphatic heterocycles. The lowest BCUT2D eigenvalue weighted by Crippen LogP contribution is -2.34. The second-order valence-electron chi connectivity index (χ2n) is 4.82. The van der Waals surface area contributed by atoms with E-state index in [1.807, 2.05) is 0 Å². The van der Waals surface area contributed by atoms with Crippen LogP contribution in [0.3, 0.4) is 0 Å². The monoisotopic (exact) mass is 250 g/mol. The van der Waals surface area contributed by atoms with E-state index in [9.17, 15) is 5.11 Å². The predicted molar refractivity (Wildman–Crippen MR) is 78.0 cm³/mol. The van der Waals surface area contributed by atoms with Crippen LogP contribution in [0.4, 0.5) is 5.69 Å². The van der Waals surface area contributed by atoms with E-state index in [1.54, 1.807) is 0 Å². The van der Waals surface area contributed by atoms with Crippen LogP contribution in [0, 0.1) is 0 Å². The first-order valence-electron chi connectivity index (χ1n) is 6.86. The highest BCUT2D eigenvalue weighted by atomic mass is 16.3. The minimum absolute atomic E-state index is 0.189. The van der Waals surface area contributed by atoms with Crippen LogP contribution in [-0.4, -0.2) is 30.8 Å². The normalized spacial score (nSPS) is 10.9. The van der Waals surface area contributed by atoms with Crippen LogP contribution in [-0.2, 0) is 6.54 Å². The van der Waals surface area contributed by atoms with Gasteiger partial charge in [0.15, 0.2) is 0 Å². The van der Waals surface area contributed by atoms with Crippen molar-refractivity contribution in [2.24, 2.45) is 0 Å². The molecule has 1 aromatic rings. The van der Waals surface area contributed by atoms with Gasteiger partial charge in [0.05, 0.1) is 6.61 Å². The lowest BCUT2D eigenvalue weighted by atomic mass is 10.1. The molecule has 0 saturated carbocycles. The van der Waals surface area contributed by atoms with Crippen LogP contribution < -0.4 is 10.2 Å². The predicted octanol–water partition coefficient (Wildman–Crippen LogP) is 2.39. The number of para-hydroxylation sites is 1. The molecule has 0 amide bonds. The smallest absolute Gasteiger partial charge is 0.0606 e. The molecule has 0 aliphatic rings. The van der Waals surface area contributed by atoms with Crippen LogP contribution in [0.2, 0.25) is 0 Å². The third-order valence-corrected chi connectivity index (χ3v) is 3.01. The van der Waals surface area contributed by atoms with Gasteiger partial charge in [0.2, 0.25) is 0 Å². The zero-order valence-electron chi connectivity index (χ0n) is 11.8. The van der Waals surface area contributed by atoms with Crippen molar-refractivity contribution in [1.82, 2.24) is 5.32 Å². The fourth-order valence-electron chi connectivity index (χ4n) is 2.10. The van der Waals surface area contributed by atoms with Gasteiger partial charge in [-0.15, -0.1) is 0 Å². The van der Waals surface area contributed by atoms with Crippen molar-refractivity contribution >= 4 is 5.69 Å². The minimum atomic E-state index is 0.189. The Hall–Kier alpha value is -1.06. The maximum atomic E-state index is 9.19. The Morgan fingerprint density at radius 3 is 2.61 bits per heavy atom. The van der Waals surface area contributed by atoms with E-state index in [-0.39, 0.29) is 6.61 Å². The molecule has 2 N–H and O–H groups in total. The van der Waals surface area contributed by atoms with Gasteiger partial charge in [0.1, 0.15) is 0 Å². The van der Waals surface area contributed by atoms with Crippen LogP contribution >= 0.6 is 0 Å². The van der Waals surface area contributed by atoms with Crippen molar-refractivity contribution in [1.29, 1.82) is 0 Å². The molecule has 18 heavy (non-hydrogen) atoms. The van der Waals surface area contributed by atoms with Crippen LogP contribution in [0.25, 0.3) is 0 Å². The minimum Gasteiger partial charge on any atom is -0.395 e. The van der Waals surface area contributed by atoms with E-state index in [0.29, 0.717) is 12.6 Å². The summed E-state index contributed by atoms with van der Waals surface area (Å²) in [6.45, 7) is 9.29. The van der Waals surface area contributed by atoms with Crippen LogP contribution in [0.15, 0.2) is 24.3 Å². The fourth-order valence-corrected chi connectivity index (χ4v) is 2.10. The number of benzene rings is 1.